The lowest BCUT2D eigenvalue weighted by atomic mass is 10.0. The molecule has 182 valence electrons. The highest BCUT2D eigenvalue weighted by atomic mass is 19.1. The van der Waals surface area contributed by atoms with Gasteiger partial charge in [-0.2, -0.15) is 0 Å². The Morgan fingerprint density at radius 3 is 2.65 bits per heavy atom. The quantitative estimate of drug-likeness (QED) is 0.258. The lowest BCUT2D eigenvalue weighted by molar-refractivity contribution is -0.128. The van der Waals surface area contributed by atoms with Crippen LogP contribution in [0.3, 0.4) is 0 Å². The largest absolute Gasteiger partial charge is 0.394 e. The van der Waals surface area contributed by atoms with Gasteiger partial charge in [-0.25, -0.2) is 9.38 Å². The average Bonchev–Trinajstić information content (AvgIpc) is 3.31. The van der Waals surface area contributed by atoms with Crippen molar-refractivity contribution in [2.75, 3.05) is 33.4 Å². The minimum atomic E-state index is -0.839. The Hall–Kier alpha value is -3.73. The maximum atomic E-state index is 15.0. The van der Waals surface area contributed by atoms with E-state index in [1.54, 1.807) is 11.0 Å². The first-order valence-electron chi connectivity index (χ1n) is 10.9. The van der Waals surface area contributed by atoms with Crippen LogP contribution in [-0.4, -0.2) is 68.2 Å². The van der Waals surface area contributed by atoms with E-state index in [9.17, 15) is 14.0 Å². The zero-order valence-electron chi connectivity index (χ0n) is 19.3. The van der Waals surface area contributed by atoms with E-state index < -0.39 is 11.7 Å². The van der Waals surface area contributed by atoms with Crippen LogP contribution in [0, 0.1) is 5.82 Å². The molecule has 2 amide bonds. The molecule has 1 atom stereocenters. The van der Waals surface area contributed by atoms with Gasteiger partial charge in [-0.05, 0) is 24.1 Å². The van der Waals surface area contributed by atoms with Gasteiger partial charge in [0.25, 0.3) is 5.91 Å². The predicted octanol–water partition coefficient (Wildman–Crippen LogP) is 0.555. The van der Waals surface area contributed by atoms with Crippen LogP contribution in [0.2, 0.25) is 0 Å². The molecule has 1 aromatic carbocycles. The molecular weight excluding hydrogens is 441 g/mol. The summed E-state index contributed by atoms with van der Waals surface area (Å²) in [6.45, 7) is 3.59. The van der Waals surface area contributed by atoms with Crippen LogP contribution in [0.4, 0.5) is 10.1 Å². The molecule has 7 N–H and O–H groups in total. The minimum Gasteiger partial charge on any atom is -0.394 e. The molecule has 10 nitrogen and oxygen atoms in total. The summed E-state index contributed by atoms with van der Waals surface area (Å²) in [4.78, 5) is 33.3. The number of carbonyl (C=O) groups is 2. The molecule has 1 unspecified atom stereocenters. The summed E-state index contributed by atoms with van der Waals surface area (Å²) >= 11 is 0. The number of carbonyl (C=O) groups excluding carboxylic acids is 2. The van der Waals surface area contributed by atoms with Crippen molar-refractivity contribution in [2.24, 2.45) is 27.2 Å². The molecule has 3 rings (SSSR count). The lowest BCUT2D eigenvalue weighted by Crippen LogP contribution is -2.43. The summed E-state index contributed by atoms with van der Waals surface area (Å²) in [6, 6.07) is 4.32. The van der Waals surface area contributed by atoms with E-state index in [0.29, 0.717) is 37.3 Å². The van der Waals surface area contributed by atoms with Crippen molar-refractivity contribution in [1.82, 2.24) is 10.2 Å². The van der Waals surface area contributed by atoms with E-state index in [1.807, 2.05) is 0 Å². The van der Waals surface area contributed by atoms with E-state index in [2.05, 4.69) is 15.3 Å². The summed E-state index contributed by atoms with van der Waals surface area (Å²) in [5, 5.41) is 3.45. The molecule has 0 bridgehead atoms. The molecule has 34 heavy (non-hydrogen) atoms. The van der Waals surface area contributed by atoms with Crippen molar-refractivity contribution in [2.45, 2.75) is 25.8 Å². The molecule has 11 heteroatoms. The Labute approximate surface area is 197 Å². The van der Waals surface area contributed by atoms with Crippen molar-refractivity contribution < 1.29 is 18.7 Å². The summed E-state index contributed by atoms with van der Waals surface area (Å²) in [6.07, 6.45) is 2.78. The number of nitrogens with one attached hydrogen (secondary N) is 1. The van der Waals surface area contributed by atoms with Gasteiger partial charge in [0.15, 0.2) is 0 Å². The van der Waals surface area contributed by atoms with Crippen LogP contribution >= 0.6 is 0 Å². The molecule has 1 aromatic rings. The molecule has 2 aliphatic heterocycles. The van der Waals surface area contributed by atoms with Crippen LogP contribution in [-0.2, 0) is 14.3 Å². The smallest absolute Gasteiger partial charge is 0.265 e. The SMILES string of the molecule is CN=CC(=C(N)C(N)=O)c1ccc(N=C(N)C2=C(NC3CCOC3)CCN(C(C)=O)C2)c(F)c1. The number of primary amides is 1. The van der Waals surface area contributed by atoms with Gasteiger partial charge < -0.3 is 32.2 Å². The predicted molar refractivity (Wildman–Crippen MR) is 129 cm³/mol. The molecule has 2 aliphatic rings. The lowest BCUT2D eigenvalue weighted by Gasteiger charge is -2.31. The first-order valence-corrected chi connectivity index (χ1v) is 10.9. The molecule has 0 radical (unpaired) electrons. The second-order valence-corrected chi connectivity index (χ2v) is 8.09. The number of nitrogens with two attached hydrogens (primary N) is 3. The summed E-state index contributed by atoms with van der Waals surface area (Å²) < 4.78 is 20.4. The maximum absolute atomic E-state index is 15.0. The molecule has 0 saturated carbocycles. The van der Waals surface area contributed by atoms with Crippen LogP contribution < -0.4 is 22.5 Å². The van der Waals surface area contributed by atoms with Gasteiger partial charge in [0.1, 0.15) is 23.0 Å². The number of allylic oxidation sites excluding steroid dienone is 1. The van der Waals surface area contributed by atoms with Crippen LogP contribution in [0.15, 0.2) is 45.2 Å². The average molecular weight is 472 g/mol. The molecule has 0 spiro atoms. The molecule has 2 heterocycles. The number of ether oxygens (including phenoxy) is 1. The third-order valence-electron chi connectivity index (χ3n) is 5.72. The maximum Gasteiger partial charge on any atom is 0.265 e. The zero-order valence-corrected chi connectivity index (χ0v) is 19.3. The normalized spacial score (nSPS) is 20.0. The van der Waals surface area contributed by atoms with Crippen molar-refractivity contribution >= 4 is 35.1 Å². The standard InChI is InChI=1S/C23H30FN7O3/c1-13(32)31-7-5-19(29-15-6-8-34-12-15)17(11-31)22(26)30-20-4-3-14(9-18(20)24)16(10-28-2)21(25)23(27)33/h3-4,9-10,15,29H,5-8,11-12,25H2,1-2H3,(H2,26,30)(H2,27,33). The van der Waals surface area contributed by atoms with E-state index in [0.717, 1.165) is 12.1 Å². The van der Waals surface area contributed by atoms with Crippen molar-refractivity contribution in [3.05, 3.63) is 46.5 Å². The fraction of sp³-hybridized carbons (Fsp3) is 0.391. The van der Waals surface area contributed by atoms with Gasteiger partial charge >= 0.3 is 0 Å². The van der Waals surface area contributed by atoms with Crippen LogP contribution in [0.25, 0.3) is 5.57 Å². The highest BCUT2D eigenvalue weighted by molar-refractivity contribution is 6.18. The number of nitrogens with zero attached hydrogens (tertiary/aromatic N) is 3. The second kappa shape index (κ2) is 10.9. The first kappa shape index (κ1) is 24.9. The van der Waals surface area contributed by atoms with Crippen molar-refractivity contribution in [3.8, 4) is 0 Å². The topological polar surface area (TPSA) is 161 Å². The van der Waals surface area contributed by atoms with Gasteiger partial charge in [-0.3, -0.25) is 14.6 Å². The van der Waals surface area contributed by atoms with Gasteiger partial charge in [0, 0.05) is 56.6 Å². The number of hydrogen-bond donors (Lipinski definition) is 4. The third-order valence-corrected chi connectivity index (χ3v) is 5.72. The Balaban J connectivity index is 1.96. The summed E-state index contributed by atoms with van der Waals surface area (Å²) in [7, 11) is 1.50. The minimum absolute atomic E-state index is 0.00248. The van der Waals surface area contributed by atoms with Gasteiger partial charge in [-0.1, -0.05) is 6.07 Å². The molecule has 0 aliphatic carbocycles. The zero-order chi connectivity index (χ0) is 24.8. The summed E-state index contributed by atoms with van der Waals surface area (Å²) in [5.74, 6) is -1.47. The highest BCUT2D eigenvalue weighted by Crippen LogP contribution is 2.26. The molecule has 0 aromatic heterocycles. The fourth-order valence-corrected chi connectivity index (χ4v) is 3.85. The van der Waals surface area contributed by atoms with E-state index in [1.165, 1.54) is 32.3 Å². The number of amides is 2. The third kappa shape index (κ3) is 5.79. The number of hydrogen-bond acceptors (Lipinski definition) is 7. The first-order chi connectivity index (χ1) is 16.2. The van der Waals surface area contributed by atoms with E-state index in [4.69, 9.17) is 21.9 Å². The fourth-order valence-electron chi connectivity index (χ4n) is 3.85. The van der Waals surface area contributed by atoms with Crippen molar-refractivity contribution in [3.63, 3.8) is 0 Å². The van der Waals surface area contributed by atoms with Crippen molar-refractivity contribution in [1.29, 1.82) is 0 Å². The van der Waals surface area contributed by atoms with Gasteiger partial charge in [-0.15, -0.1) is 0 Å². The number of halogens is 1. The molecule has 1 fully saturated rings. The van der Waals surface area contributed by atoms with Crippen LogP contribution in [0.1, 0.15) is 25.3 Å². The monoisotopic (exact) mass is 471 g/mol. The Kier molecular flexibility index (Phi) is 8.00. The Morgan fingerprint density at radius 2 is 2.06 bits per heavy atom. The van der Waals surface area contributed by atoms with Gasteiger partial charge in [0.2, 0.25) is 5.91 Å². The van der Waals surface area contributed by atoms with Crippen LogP contribution in [0.5, 0.6) is 0 Å². The Morgan fingerprint density at radius 1 is 1.29 bits per heavy atom. The summed E-state index contributed by atoms with van der Waals surface area (Å²) in [5.41, 5.74) is 19.2. The number of benzene rings is 1. The highest BCUT2D eigenvalue weighted by Gasteiger charge is 2.26. The van der Waals surface area contributed by atoms with E-state index in [-0.39, 0.29) is 41.3 Å². The number of aliphatic imine (C=N–C) groups is 2. The Bertz CT molecular complexity index is 1090. The number of rotatable bonds is 7. The van der Waals surface area contributed by atoms with Gasteiger partial charge in [0.05, 0.1) is 19.2 Å². The van der Waals surface area contributed by atoms with E-state index >= 15 is 0 Å². The molecule has 1 saturated heterocycles. The second-order valence-electron chi connectivity index (χ2n) is 8.09. The molecular formula is C23H30FN7O3. The number of amidine groups is 1.